The standard InChI is InChI=1S/C26H24Cl2N4OS/c1-17(2)31(20-7-5-4-6-8-20)24(33)16-34-26-30-29-25(22-14-11-19(27)15-23(22)28)32(26)21-12-9-18(3)10-13-21/h4-15,17H,16H2,1-3H3. The van der Waals surface area contributed by atoms with Crippen molar-refractivity contribution in [3.8, 4) is 17.1 Å². The number of nitrogens with zero attached hydrogens (tertiary/aromatic N) is 4. The van der Waals surface area contributed by atoms with E-state index in [9.17, 15) is 4.79 Å². The Morgan fingerprint density at radius 1 is 1.00 bits per heavy atom. The van der Waals surface area contributed by atoms with Crippen molar-refractivity contribution in [1.82, 2.24) is 14.8 Å². The van der Waals surface area contributed by atoms with Gasteiger partial charge in [-0.15, -0.1) is 10.2 Å². The Labute approximate surface area is 213 Å². The molecule has 0 fully saturated rings. The molecule has 0 aliphatic rings. The molecule has 0 aliphatic carbocycles. The fraction of sp³-hybridized carbons (Fsp3) is 0.192. The summed E-state index contributed by atoms with van der Waals surface area (Å²) >= 11 is 13.9. The van der Waals surface area contributed by atoms with E-state index in [1.54, 1.807) is 17.0 Å². The third kappa shape index (κ3) is 5.30. The summed E-state index contributed by atoms with van der Waals surface area (Å²) in [7, 11) is 0. The fourth-order valence-corrected chi connectivity index (χ4v) is 4.95. The minimum absolute atomic E-state index is 0.00395. The lowest BCUT2D eigenvalue weighted by Crippen LogP contribution is -2.38. The Balaban J connectivity index is 1.68. The third-order valence-corrected chi connectivity index (χ3v) is 6.70. The molecule has 1 aromatic heterocycles. The minimum atomic E-state index is -0.00395. The van der Waals surface area contributed by atoms with E-state index in [2.05, 4.69) is 10.2 Å². The van der Waals surface area contributed by atoms with Crippen LogP contribution in [-0.2, 0) is 4.79 Å². The molecule has 8 heteroatoms. The zero-order chi connectivity index (χ0) is 24.2. The van der Waals surface area contributed by atoms with Gasteiger partial charge in [-0.3, -0.25) is 9.36 Å². The molecule has 0 aliphatic heterocycles. The SMILES string of the molecule is Cc1ccc(-n2c(SCC(=O)N(c3ccccc3)C(C)C)nnc2-c2ccc(Cl)cc2Cl)cc1. The predicted octanol–water partition coefficient (Wildman–Crippen LogP) is 7.08. The molecule has 1 amide bonds. The molecule has 0 radical (unpaired) electrons. The normalized spacial score (nSPS) is 11.1. The van der Waals surface area contributed by atoms with Crippen LogP contribution in [-0.4, -0.2) is 32.5 Å². The molecule has 0 saturated heterocycles. The van der Waals surface area contributed by atoms with Crippen molar-refractivity contribution >= 4 is 46.6 Å². The summed E-state index contributed by atoms with van der Waals surface area (Å²) < 4.78 is 1.93. The van der Waals surface area contributed by atoms with Gasteiger partial charge in [0.15, 0.2) is 11.0 Å². The number of aromatic nitrogens is 3. The second-order valence-corrected chi connectivity index (χ2v) is 9.87. The monoisotopic (exact) mass is 510 g/mol. The Morgan fingerprint density at radius 2 is 1.71 bits per heavy atom. The molecule has 4 rings (SSSR count). The molecular formula is C26H24Cl2N4OS. The Bertz CT molecular complexity index is 1290. The van der Waals surface area contributed by atoms with E-state index < -0.39 is 0 Å². The number of hydrogen-bond donors (Lipinski definition) is 0. The van der Waals surface area contributed by atoms with E-state index in [4.69, 9.17) is 23.2 Å². The number of hydrogen-bond acceptors (Lipinski definition) is 4. The number of halogens is 2. The third-order valence-electron chi connectivity index (χ3n) is 5.24. The second kappa shape index (κ2) is 10.6. The van der Waals surface area contributed by atoms with Crippen molar-refractivity contribution in [1.29, 1.82) is 0 Å². The topological polar surface area (TPSA) is 51.0 Å². The van der Waals surface area contributed by atoms with Crippen LogP contribution >= 0.6 is 35.0 Å². The summed E-state index contributed by atoms with van der Waals surface area (Å²) in [5.74, 6) is 0.797. The maximum Gasteiger partial charge on any atom is 0.237 e. The number of benzene rings is 3. The molecule has 0 N–H and O–H groups in total. The zero-order valence-corrected chi connectivity index (χ0v) is 21.4. The first-order valence-electron chi connectivity index (χ1n) is 10.8. The van der Waals surface area contributed by atoms with Crippen LogP contribution in [0, 0.1) is 6.92 Å². The van der Waals surface area contributed by atoms with E-state index >= 15 is 0 Å². The van der Waals surface area contributed by atoms with Crippen LogP contribution in [0.3, 0.4) is 0 Å². The Hall–Kier alpha value is -2.80. The predicted molar refractivity (Wildman–Crippen MR) is 141 cm³/mol. The largest absolute Gasteiger partial charge is 0.309 e. The molecule has 0 bridgehead atoms. The first-order chi connectivity index (χ1) is 16.3. The quantitative estimate of drug-likeness (QED) is 0.249. The van der Waals surface area contributed by atoms with E-state index in [-0.39, 0.29) is 17.7 Å². The van der Waals surface area contributed by atoms with E-state index in [0.29, 0.717) is 26.6 Å². The van der Waals surface area contributed by atoms with Gasteiger partial charge in [-0.05, 0) is 63.2 Å². The molecule has 0 unspecified atom stereocenters. The number of carbonyl (C=O) groups is 1. The molecule has 4 aromatic rings. The highest BCUT2D eigenvalue weighted by Gasteiger charge is 2.23. The molecule has 3 aromatic carbocycles. The summed E-state index contributed by atoms with van der Waals surface area (Å²) in [5, 5.41) is 10.5. The van der Waals surface area contributed by atoms with Gasteiger partial charge < -0.3 is 4.90 Å². The van der Waals surface area contributed by atoms with Crippen molar-refractivity contribution in [2.75, 3.05) is 10.7 Å². The summed E-state index contributed by atoms with van der Waals surface area (Å²) in [4.78, 5) is 15.0. The van der Waals surface area contributed by atoms with Gasteiger partial charge in [0.05, 0.1) is 10.8 Å². The molecule has 0 atom stereocenters. The number of amides is 1. The molecule has 1 heterocycles. The van der Waals surface area contributed by atoms with Crippen LogP contribution in [0.25, 0.3) is 17.1 Å². The van der Waals surface area contributed by atoms with Crippen molar-refractivity contribution < 1.29 is 4.79 Å². The lowest BCUT2D eigenvalue weighted by atomic mass is 10.2. The van der Waals surface area contributed by atoms with Gasteiger partial charge in [-0.25, -0.2) is 0 Å². The highest BCUT2D eigenvalue weighted by Crippen LogP contribution is 2.34. The lowest BCUT2D eigenvalue weighted by Gasteiger charge is -2.26. The van der Waals surface area contributed by atoms with Gasteiger partial charge in [0, 0.05) is 28.0 Å². The Morgan fingerprint density at radius 3 is 2.35 bits per heavy atom. The number of carbonyl (C=O) groups excluding carboxylic acids is 1. The van der Waals surface area contributed by atoms with Crippen LogP contribution in [0.15, 0.2) is 78.0 Å². The zero-order valence-electron chi connectivity index (χ0n) is 19.1. The highest BCUT2D eigenvalue weighted by atomic mass is 35.5. The Kier molecular flexibility index (Phi) is 7.61. The smallest absolute Gasteiger partial charge is 0.237 e. The van der Waals surface area contributed by atoms with Crippen molar-refractivity contribution in [3.05, 3.63) is 88.4 Å². The van der Waals surface area contributed by atoms with Gasteiger partial charge >= 0.3 is 0 Å². The van der Waals surface area contributed by atoms with Gasteiger partial charge in [0.1, 0.15) is 0 Å². The lowest BCUT2D eigenvalue weighted by molar-refractivity contribution is -0.116. The minimum Gasteiger partial charge on any atom is -0.309 e. The van der Waals surface area contributed by atoms with Gasteiger partial charge in [-0.1, -0.05) is 70.9 Å². The van der Waals surface area contributed by atoms with Crippen LogP contribution in [0.1, 0.15) is 19.4 Å². The molecule has 5 nitrogen and oxygen atoms in total. The van der Waals surface area contributed by atoms with E-state index in [1.165, 1.54) is 11.8 Å². The first kappa shape index (κ1) is 24.3. The summed E-state index contributed by atoms with van der Waals surface area (Å²) in [6.07, 6.45) is 0. The van der Waals surface area contributed by atoms with Gasteiger partial charge in [0.25, 0.3) is 0 Å². The van der Waals surface area contributed by atoms with Crippen LogP contribution in [0.5, 0.6) is 0 Å². The number of rotatable bonds is 7. The average Bonchev–Trinajstić information content (AvgIpc) is 3.22. The average molecular weight is 511 g/mol. The number of aryl methyl sites for hydroxylation is 1. The van der Waals surface area contributed by atoms with Gasteiger partial charge in [-0.2, -0.15) is 0 Å². The van der Waals surface area contributed by atoms with Crippen LogP contribution in [0.4, 0.5) is 5.69 Å². The second-order valence-electron chi connectivity index (χ2n) is 8.08. The maximum absolute atomic E-state index is 13.2. The molecule has 0 spiro atoms. The van der Waals surface area contributed by atoms with Crippen LogP contribution in [0.2, 0.25) is 10.0 Å². The highest BCUT2D eigenvalue weighted by molar-refractivity contribution is 7.99. The first-order valence-corrected chi connectivity index (χ1v) is 12.6. The molecule has 34 heavy (non-hydrogen) atoms. The number of anilines is 1. The van der Waals surface area contributed by atoms with Crippen molar-refractivity contribution in [2.24, 2.45) is 0 Å². The fourth-order valence-electron chi connectivity index (χ4n) is 3.65. The summed E-state index contributed by atoms with van der Waals surface area (Å²) in [6.45, 7) is 6.04. The van der Waals surface area contributed by atoms with E-state index in [0.717, 1.165) is 16.9 Å². The number of para-hydroxylation sites is 1. The van der Waals surface area contributed by atoms with Crippen molar-refractivity contribution in [2.45, 2.75) is 32.0 Å². The molecular weight excluding hydrogens is 487 g/mol. The van der Waals surface area contributed by atoms with Gasteiger partial charge in [0.2, 0.25) is 5.91 Å². The summed E-state index contributed by atoms with van der Waals surface area (Å²) in [5.41, 5.74) is 3.61. The van der Waals surface area contributed by atoms with Crippen LogP contribution < -0.4 is 4.90 Å². The summed E-state index contributed by atoms with van der Waals surface area (Å²) in [6, 6.07) is 23.0. The van der Waals surface area contributed by atoms with E-state index in [1.807, 2.05) is 86.0 Å². The van der Waals surface area contributed by atoms with Crippen molar-refractivity contribution in [3.63, 3.8) is 0 Å². The maximum atomic E-state index is 13.2. The molecule has 174 valence electrons. The molecule has 0 saturated carbocycles. The number of thioether (sulfide) groups is 1.